The number of fused-ring (bicyclic) bond motifs is 1. The molecule has 3 aromatic carbocycles. The van der Waals surface area contributed by atoms with Gasteiger partial charge >= 0.3 is 0 Å². The summed E-state index contributed by atoms with van der Waals surface area (Å²) in [5.74, 6) is 1.16. The Morgan fingerprint density at radius 2 is 1.66 bits per heavy atom. The van der Waals surface area contributed by atoms with Crippen molar-refractivity contribution in [2.75, 3.05) is 26.2 Å². The molecule has 0 atom stereocenters. The van der Waals surface area contributed by atoms with Gasteiger partial charge in [0.25, 0.3) is 11.8 Å². The lowest BCUT2D eigenvalue weighted by atomic mass is 10.00. The first-order chi connectivity index (χ1) is 17.3. The number of rotatable bonds is 9. The van der Waals surface area contributed by atoms with E-state index in [-0.39, 0.29) is 12.5 Å². The first-order valence-corrected chi connectivity index (χ1v) is 11.9. The molecule has 35 heavy (non-hydrogen) atoms. The van der Waals surface area contributed by atoms with Crippen molar-refractivity contribution in [1.82, 2.24) is 20.4 Å². The standard InChI is InChI=1S/C28H28N4O3/c33-26(29-16-8-17-32-18-15-21-9-4-5-12-23(21)19-32)20-34-25-14-7-6-13-24(25)28-31-30-27(35-28)22-10-2-1-3-11-22/h1-7,9-14H,8,15-20H2,(H,29,33). The summed E-state index contributed by atoms with van der Waals surface area (Å²) in [7, 11) is 0. The van der Waals surface area contributed by atoms with E-state index >= 15 is 0 Å². The third kappa shape index (κ3) is 5.75. The molecule has 5 rings (SSSR count). The average Bonchev–Trinajstić information content (AvgIpc) is 3.41. The van der Waals surface area contributed by atoms with Crippen LogP contribution in [0.2, 0.25) is 0 Å². The van der Waals surface area contributed by atoms with E-state index in [1.54, 1.807) is 6.07 Å². The Kier molecular flexibility index (Phi) is 7.15. The van der Waals surface area contributed by atoms with Crippen LogP contribution in [0.15, 0.2) is 83.3 Å². The van der Waals surface area contributed by atoms with E-state index in [9.17, 15) is 4.79 Å². The molecule has 0 bridgehead atoms. The summed E-state index contributed by atoms with van der Waals surface area (Å²) < 4.78 is 11.7. The smallest absolute Gasteiger partial charge is 0.257 e. The summed E-state index contributed by atoms with van der Waals surface area (Å²) in [6, 6.07) is 25.6. The predicted octanol–water partition coefficient (Wildman–Crippen LogP) is 4.35. The third-order valence-electron chi connectivity index (χ3n) is 6.10. The second kappa shape index (κ2) is 11.0. The summed E-state index contributed by atoms with van der Waals surface area (Å²) >= 11 is 0. The van der Waals surface area contributed by atoms with E-state index in [4.69, 9.17) is 9.15 Å². The lowest BCUT2D eigenvalue weighted by Crippen LogP contribution is -2.35. The number of hydrogen-bond donors (Lipinski definition) is 1. The molecule has 2 heterocycles. The Labute approximate surface area is 204 Å². The predicted molar refractivity (Wildman–Crippen MR) is 134 cm³/mol. The highest BCUT2D eigenvalue weighted by Crippen LogP contribution is 2.30. The fourth-order valence-electron chi connectivity index (χ4n) is 4.27. The monoisotopic (exact) mass is 468 g/mol. The van der Waals surface area contributed by atoms with Gasteiger partial charge in [0.1, 0.15) is 5.75 Å². The molecule has 1 aliphatic rings. The Bertz CT molecular complexity index is 1270. The largest absolute Gasteiger partial charge is 0.483 e. The SMILES string of the molecule is O=C(COc1ccccc1-c1nnc(-c2ccccc2)o1)NCCCN1CCc2ccccc2C1. The maximum absolute atomic E-state index is 12.4. The van der Waals surface area contributed by atoms with Crippen LogP contribution in [0.5, 0.6) is 5.75 Å². The summed E-state index contributed by atoms with van der Waals surface area (Å²) in [5.41, 5.74) is 4.36. The summed E-state index contributed by atoms with van der Waals surface area (Å²) in [4.78, 5) is 14.8. The lowest BCUT2D eigenvalue weighted by molar-refractivity contribution is -0.123. The van der Waals surface area contributed by atoms with Crippen LogP contribution in [0, 0.1) is 0 Å². The summed E-state index contributed by atoms with van der Waals surface area (Å²) in [5, 5.41) is 11.3. The number of amides is 1. The molecule has 0 fully saturated rings. The van der Waals surface area contributed by atoms with E-state index in [2.05, 4.69) is 44.7 Å². The van der Waals surface area contributed by atoms with Crippen molar-refractivity contribution in [3.8, 4) is 28.7 Å². The van der Waals surface area contributed by atoms with Gasteiger partial charge in [0.15, 0.2) is 6.61 Å². The molecule has 7 nitrogen and oxygen atoms in total. The van der Waals surface area contributed by atoms with Crippen molar-refractivity contribution in [3.63, 3.8) is 0 Å². The molecule has 1 amide bonds. The normalized spacial score (nSPS) is 13.3. The third-order valence-corrected chi connectivity index (χ3v) is 6.10. The minimum Gasteiger partial charge on any atom is -0.483 e. The topological polar surface area (TPSA) is 80.5 Å². The van der Waals surface area contributed by atoms with E-state index in [0.717, 1.165) is 38.0 Å². The Morgan fingerprint density at radius 1 is 0.914 bits per heavy atom. The number of nitrogens with one attached hydrogen (secondary N) is 1. The van der Waals surface area contributed by atoms with Crippen LogP contribution < -0.4 is 10.1 Å². The first-order valence-electron chi connectivity index (χ1n) is 11.9. The zero-order valence-corrected chi connectivity index (χ0v) is 19.5. The molecule has 4 aromatic rings. The van der Waals surface area contributed by atoms with Crippen LogP contribution in [0.25, 0.3) is 22.9 Å². The summed E-state index contributed by atoms with van der Waals surface area (Å²) in [6.45, 7) is 3.54. The number of nitrogens with zero attached hydrogens (tertiary/aromatic N) is 3. The van der Waals surface area contributed by atoms with Gasteiger partial charge < -0.3 is 14.5 Å². The van der Waals surface area contributed by atoms with Gasteiger partial charge in [-0.25, -0.2) is 0 Å². The van der Waals surface area contributed by atoms with Gasteiger partial charge in [-0.15, -0.1) is 10.2 Å². The summed E-state index contributed by atoms with van der Waals surface area (Å²) in [6.07, 6.45) is 1.98. The maximum Gasteiger partial charge on any atom is 0.257 e. The van der Waals surface area contributed by atoms with Crippen molar-refractivity contribution in [2.45, 2.75) is 19.4 Å². The molecule has 0 spiro atoms. The number of para-hydroxylation sites is 1. The zero-order chi connectivity index (χ0) is 23.9. The van der Waals surface area contributed by atoms with Crippen LogP contribution in [-0.2, 0) is 17.8 Å². The van der Waals surface area contributed by atoms with Gasteiger partial charge in [-0.05, 0) is 48.2 Å². The van der Waals surface area contributed by atoms with Gasteiger partial charge in [0.05, 0.1) is 5.56 Å². The highest BCUT2D eigenvalue weighted by atomic mass is 16.5. The van der Waals surface area contributed by atoms with Crippen LogP contribution in [-0.4, -0.2) is 47.2 Å². The second-order valence-corrected chi connectivity index (χ2v) is 8.56. The van der Waals surface area contributed by atoms with Crippen LogP contribution in [0.1, 0.15) is 17.5 Å². The molecular weight excluding hydrogens is 440 g/mol. The van der Waals surface area contributed by atoms with E-state index in [1.807, 2.05) is 48.5 Å². The number of carbonyl (C=O) groups excluding carboxylic acids is 1. The molecule has 0 saturated carbocycles. The molecule has 0 aliphatic carbocycles. The molecule has 1 aromatic heterocycles. The number of ether oxygens (including phenoxy) is 1. The van der Waals surface area contributed by atoms with E-state index in [1.165, 1.54) is 11.1 Å². The highest BCUT2D eigenvalue weighted by molar-refractivity contribution is 5.78. The van der Waals surface area contributed by atoms with Crippen LogP contribution in [0.4, 0.5) is 0 Å². The van der Waals surface area contributed by atoms with Crippen LogP contribution >= 0.6 is 0 Å². The Hall–Kier alpha value is -3.97. The second-order valence-electron chi connectivity index (χ2n) is 8.56. The molecule has 0 saturated heterocycles. The van der Waals surface area contributed by atoms with Crippen molar-refractivity contribution in [1.29, 1.82) is 0 Å². The molecular formula is C28H28N4O3. The minimum atomic E-state index is -0.153. The molecule has 0 unspecified atom stereocenters. The van der Waals surface area contributed by atoms with E-state index < -0.39 is 0 Å². The van der Waals surface area contributed by atoms with Crippen LogP contribution in [0.3, 0.4) is 0 Å². The van der Waals surface area contributed by atoms with Crippen molar-refractivity contribution in [2.24, 2.45) is 0 Å². The first kappa shape index (κ1) is 22.8. The molecule has 1 N–H and O–H groups in total. The van der Waals surface area contributed by atoms with Crippen molar-refractivity contribution < 1.29 is 13.9 Å². The average molecular weight is 469 g/mol. The maximum atomic E-state index is 12.4. The number of carbonyl (C=O) groups is 1. The highest BCUT2D eigenvalue weighted by Gasteiger charge is 2.16. The number of hydrogen-bond acceptors (Lipinski definition) is 6. The van der Waals surface area contributed by atoms with Gasteiger partial charge in [-0.1, -0.05) is 54.6 Å². The Morgan fingerprint density at radius 3 is 2.54 bits per heavy atom. The van der Waals surface area contributed by atoms with E-state index in [0.29, 0.717) is 29.6 Å². The lowest BCUT2D eigenvalue weighted by Gasteiger charge is -2.28. The fourth-order valence-corrected chi connectivity index (χ4v) is 4.27. The molecule has 178 valence electrons. The molecule has 1 aliphatic heterocycles. The van der Waals surface area contributed by atoms with Crippen molar-refractivity contribution >= 4 is 5.91 Å². The zero-order valence-electron chi connectivity index (χ0n) is 19.5. The number of benzene rings is 3. The van der Waals surface area contributed by atoms with Gasteiger partial charge in [0.2, 0.25) is 5.89 Å². The van der Waals surface area contributed by atoms with Crippen molar-refractivity contribution in [3.05, 3.63) is 90.0 Å². The molecule has 7 heteroatoms. The Balaban J connectivity index is 1.09. The van der Waals surface area contributed by atoms with Gasteiger partial charge in [-0.3, -0.25) is 9.69 Å². The van der Waals surface area contributed by atoms with Gasteiger partial charge in [-0.2, -0.15) is 0 Å². The number of aromatic nitrogens is 2. The minimum absolute atomic E-state index is 0.0756. The fraction of sp³-hybridized carbons (Fsp3) is 0.250. The van der Waals surface area contributed by atoms with Gasteiger partial charge in [0, 0.05) is 31.7 Å². The molecule has 0 radical (unpaired) electrons. The quantitative estimate of drug-likeness (QED) is 0.368.